The number of methoxy groups -OCH3 is 1. The average molecular weight is 302 g/mol. The maximum Gasteiger partial charge on any atom is 0.245 e. The van der Waals surface area contributed by atoms with E-state index < -0.39 is 0 Å². The summed E-state index contributed by atoms with van der Waals surface area (Å²) in [5.41, 5.74) is 1.49. The van der Waals surface area contributed by atoms with Gasteiger partial charge in [-0.15, -0.1) is 0 Å². The van der Waals surface area contributed by atoms with Gasteiger partial charge >= 0.3 is 0 Å². The molecule has 0 atom stereocenters. The molecule has 1 N–H and O–H groups in total. The van der Waals surface area contributed by atoms with E-state index in [2.05, 4.69) is 10.3 Å². The van der Waals surface area contributed by atoms with Gasteiger partial charge in [-0.05, 0) is 6.07 Å². The summed E-state index contributed by atoms with van der Waals surface area (Å²) in [6.07, 6.45) is 4.20. The van der Waals surface area contributed by atoms with Crippen molar-refractivity contribution < 1.29 is 9.53 Å². The Bertz CT molecular complexity index is 598. The van der Waals surface area contributed by atoms with Gasteiger partial charge in [-0.1, -0.05) is 23.2 Å². The van der Waals surface area contributed by atoms with Crippen molar-refractivity contribution in [3.8, 4) is 0 Å². The molecule has 0 aromatic carbocycles. The molecular weight excluding hydrogens is 289 g/mol. The fourth-order valence-corrected chi connectivity index (χ4v) is 2.24. The second-order valence-corrected chi connectivity index (χ2v) is 4.85. The van der Waals surface area contributed by atoms with E-state index in [1.807, 2.05) is 6.20 Å². The molecule has 0 aliphatic rings. The molecule has 19 heavy (non-hydrogen) atoms. The Kier molecular flexibility index (Phi) is 4.63. The zero-order valence-corrected chi connectivity index (χ0v) is 11.8. The number of carbonyl (C=O) groups is 1. The van der Waals surface area contributed by atoms with Gasteiger partial charge in [-0.3, -0.25) is 4.79 Å². The maximum absolute atomic E-state index is 11.2. The number of hydrogen-bond donors (Lipinski definition) is 1. The number of nitrogens with zero attached hydrogens (tertiary/aromatic N) is 2. The molecule has 0 saturated carbocycles. The lowest BCUT2D eigenvalue weighted by Crippen LogP contribution is -2.29. The van der Waals surface area contributed by atoms with Gasteiger partial charge < -0.3 is 14.5 Å². The van der Waals surface area contributed by atoms with E-state index in [1.54, 1.807) is 16.7 Å². The number of rotatable bonds is 5. The number of ether oxygens (including phenoxy) is 1. The molecule has 0 spiro atoms. The number of aromatic nitrogens is 2. The molecule has 2 heterocycles. The highest BCUT2D eigenvalue weighted by molar-refractivity contribution is 6.36. The molecule has 5 nitrogen and oxygen atoms in total. The first kappa shape index (κ1) is 14.1. The van der Waals surface area contributed by atoms with Crippen LogP contribution in [-0.4, -0.2) is 35.6 Å². The minimum Gasteiger partial charge on any atom is -0.375 e. The Morgan fingerprint density at radius 3 is 3.00 bits per heavy atom. The number of halogens is 2. The van der Waals surface area contributed by atoms with Gasteiger partial charge in [0.05, 0.1) is 15.7 Å². The predicted molar refractivity (Wildman–Crippen MR) is 73.8 cm³/mol. The molecule has 0 radical (unpaired) electrons. The van der Waals surface area contributed by atoms with E-state index in [4.69, 9.17) is 27.9 Å². The molecule has 0 fully saturated rings. The van der Waals surface area contributed by atoms with Crippen molar-refractivity contribution in [3.05, 3.63) is 34.2 Å². The van der Waals surface area contributed by atoms with Gasteiger partial charge in [0, 0.05) is 32.5 Å². The molecule has 2 aromatic rings. The lowest BCUT2D eigenvalue weighted by Gasteiger charge is -2.01. The van der Waals surface area contributed by atoms with Gasteiger partial charge in [-0.25, -0.2) is 4.98 Å². The molecule has 0 aliphatic carbocycles. The largest absolute Gasteiger partial charge is 0.375 e. The topological polar surface area (TPSA) is 55.6 Å². The molecule has 2 rings (SSSR count). The lowest BCUT2D eigenvalue weighted by molar-refractivity contribution is -0.124. The third kappa shape index (κ3) is 3.59. The van der Waals surface area contributed by atoms with Crippen LogP contribution >= 0.6 is 23.2 Å². The monoisotopic (exact) mass is 301 g/mol. The molecule has 102 valence electrons. The Morgan fingerprint density at radius 2 is 2.26 bits per heavy atom. The predicted octanol–water partition coefficient (Wildman–Crippen LogP) is 1.95. The van der Waals surface area contributed by atoms with Gasteiger partial charge in [0.25, 0.3) is 0 Å². The summed E-state index contributed by atoms with van der Waals surface area (Å²) < 4.78 is 6.49. The summed E-state index contributed by atoms with van der Waals surface area (Å²) in [6.45, 7) is 0.560. The minimum atomic E-state index is -0.146. The fourth-order valence-electron chi connectivity index (χ4n) is 1.71. The van der Waals surface area contributed by atoms with Crippen LogP contribution in [0.5, 0.6) is 0 Å². The van der Waals surface area contributed by atoms with Crippen molar-refractivity contribution >= 4 is 34.8 Å². The van der Waals surface area contributed by atoms with Crippen LogP contribution in [0.2, 0.25) is 10.0 Å². The number of imidazole rings is 1. The van der Waals surface area contributed by atoms with E-state index in [9.17, 15) is 4.79 Å². The number of amides is 1. The molecule has 7 heteroatoms. The lowest BCUT2D eigenvalue weighted by atomic mass is 10.3. The Morgan fingerprint density at radius 1 is 1.47 bits per heavy atom. The summed E-state index contributed by atoms with van der Waals surface area (Å²) in [6, 6.07) is 1.65. The van der Waals surface area contributed by atoms with E-state index in [0.717, 1.165) is 5.69 Å². The highest BCUT2D eigenvalue weighted by Gasteiger charge is 2.07. The van der Waals surface area contributed by atoms with E-state index in [1.165, 1.54) is 7.11 Å². The molecule has 0 bridgehead atoms. The van der Waals surface area contributed by atoms with Gasteiger partial charge in [0.1, 0.15) is 6.61 Å². The number of pyridine rings is 1. The smallest absolute Gasteiger partial charge is 0.245 e. The van der Waals surface area contributed by atoms with Crippen molar-refractivity contribution in [1.82, 2.24) is 14.7 Å². The molecule has 1 amide bonds. The Hall–Kier alpha value is -1.30. The molecular formula is C12H13Cl2N3O2. The minimum absolute atomic E-state index is 0.0621. The number of fused-ring (bicyclic) bond motifs is 1. The average Bonchev–Trinajstić information content (AvgIpc) is 2.72. The van der Waals surface area contributed by atoms with Crippen LogP contribution in [-0.2, 0) is 16.0 Å². The third-order valence-corrected chi connectivity index (χ3v) is 2.99. The summed E-state index contributed by atoms with van der Waals surface area (Å²) in [4.78, 5) is 15.6. The summed E-state index contributed by atoms with van der Waals surface area (Å²) in [5.74, 6) is -0.146. The van der Waals surface area contributed by atoms with Crippen molar-refractivity contribution in [3.63, 3.8) is 0 Å². The summed E-state index contributed by atoms with van der Waals surface area (Å²) >= 11 is 12.0. The van der Waals surface area contributed by atoms with Crippen LogP contribution in [0.25, 0.3) is 5.65 Å². The number of nitrogens with one attached hydrogen (secondary N) is 1. The van der Waals surface area contributed by atoms with Crippen LogP contribution in [0, 0.1) is 0 Å². The highest BCUT2D eigenvalue weighted by atomic mass is 35.5. The third-order valence-electron chi connectivity index (χ3n) is 2.50. The van der Waals surface area contributed by atoms with E-state index in [0.29, 0.717) is 28.7 Å². The van der Waals surface area contributed by atoms with Crippen molar-refractivity contribution in [1.29, 1.82) is 0 Å². The first-order valence-electron chi connectivity index (χ1n) is 5.68. The van der Waals surface area contributed by atoms with E-state index >= 15 is 0 Å². The van der Waals surface area contributed by atoms with E-state index in [-0.39, 0.29) is 12.5 Å². The Balaban J connectivity index is 2.02. The first-order chi connectivity index (χ1) is 9.10. The first-order valence-corrected chi connectivity index (χ1v) is 6.44. The van der Waals surface area contributed by atoms with Crippen LogP contribution < -0.4 is 5.32 Å². The van der Waals surface area contributed by atoms with Crippen LogP contribution in [0.15, 0.2) is 18.5 Å². The van der Waals surface area contributed by atoms with Crippen molar-refractivity contribution in [2.24, 2.45) is 0 Å². The fraction of sp³-hybridized carbons (Fsp3) is 0.333. The number of carbonyl (C=O) groups excluding carboxylic acids is 1. The SMILES string of the molecule is COCC(=O)NCCc1cn2cc(Cl)cc(Cl)c2n1. The van der Waals surface area contributed by atoms with Gasteiger partial charge in [-0.2, -0.15) is 0 Å². The maximum atomic E-state index is 11.2. The normalized spacial score (nSPS) is 10.9. The summed E-state index contributed by atoms with van der Waals surface area (Å²) in [5, 5.41) is 3.78. The zero-order valence-electron chi connectivity index (χ0n) is 10.3. The second kappa shape index (κ2) is 6.23. The molecule has 0 unspecified atom stereocenters. The second-order valence-electron chi connectivity index (χ2n) is 4.00. The van der Waals surface area contributed by atoms with Crippen molar-refractivity contribution in [2.75, 3.05) is 20.3 Å². The quantitative estimate of drug-likeness (QED) is 0.918. The molecule has 2 aromatic heterocycles. The zero-order chi connectivity index (χ0) is 13.8. The van der Waals surface area contributed by atoms with Gasteiger partial charge in [0.2, 0.25) is 5.91 Å². The van der Waals surface area contributed by atoms with Crippen LogP contribution in [0.1, 0.15) is 5.69 Å². The van der Waals surface area contributed by atoms with Crippen LogP contribution in [0.3, 0.4) is 0 Å². The number of hydrogen-bond acceptors (Lipinski definition) is 3. The Labute approximate surface area is 120 Å². The highest BCUT2D eigenvalue weighted by Crippen LogP contribution is 2.21. The van der Waals surface area contributed by atoms with Crippen molar-refractivity contribution in [2.45, 2.75) is 6.42 Å². The molecule has 0 saturated heterocycles. The van der Waals surface area contributed by atoms with Gasteiger partial charge in [0.15, 0.2) is 5.65 Å². The van der Waals surface area contributed by atoms with Crippen LogP contribution in [0.4, 0.5) is 0 Å². The standard InChI is InChI=1S/C12H13Cl2N3O2/c1-19-7-11(18)15-3-2-9-6-17-5-8(13)4-10(14)12(17)16-9/h4-6H,2-3,7H2,1H3,(H,15,18). The molecule has 0 aliphatic heterocycles. The summed E-state index contributed by atoms with van der Waals surface area (Å²) in [7, 11) is 1.48.